The lowest BCUT2D eigenvalue weighted by molar-refractivity contribution is -0.485. The van der Waals surface area contributed by atoms with Crippen LogP contribution >= 0.6 is 0 Å². The highest BCUT2D eigenvalue weighted by Crippen LogP contribution is 2.32. The van der Waals surface area contributed by atoms with Gasteiger partial charge in [0.25, 0.3) is 0 Å². The summed E-state index contributed by atoms with van der Waals surface area (Å²) in [7, 11) is 0. The Morgan fingerprint density at radius 1 is 1.32 bits per heavy atom. The molecule has 3 atom stereocenters. The van der Waals surface area contributed by atoms with Crippen molar-refractivity contribution in [2.75, 3.05) is 0 Å². The van der Waals surface area contributed by atoms with Gasteiger partial charge in [-0.25, -0.2) is 4.39 Å². The molecule has 0 saturated carbocycles. The van der Waals surface area contributed by atoms with Crippen LogP contribution in [0.15, 0.2) is 17.7 Å². The molecule has 1 aromatic rings. The van der Waals surface area contributed by atoms with Gasteiger partial charge in [0.1, 0.15) is 6.17 Å². The molecule has 1 aliphatic rings. The Morgan fingerprint density at radius 2 is 2.00 bits per heavy atom. The molecule has 120 valence electrons. The van der Waals surface area contributed by atoms with E-state index in [9.17, 15) is 4.39 Å². The Bertz CT molecular complexity index is 614. The van der Waals surface area contributed by atoms with Crippen molar-refractivity contribution in [3.05, 3.63) is 34.7 Å². The summed E-state index contributed by atoms with van der Waals surface area (Å²) in [6, 6.07) is 2.28. The van der Waals surface area contributed by atoms with Crippen LogP contribution in [-0.2, 0) is 0 Å². The maximum atomic E-state index is 13.7. The molecule has 22 heavy (non-hydrogen) atoms. The van der Waals surface area contributed by atoms with E-state index in [-0.39, 0.29) is 0 Å². The Labute approximate surface area is 133 Å². The molecule has 0 spiro atoms. The summed E-state index contributed by atoms with van der Waals surface area (Å²) in [5.41, 5.74) is 5.15. The molecule has 0 radical (unpaired) electrons. The van der Waals surface area contributed by atoms with Gasteiger partial charge in [0, 0.05) is 29.3 Å². The molecule has 0 aliphatic carbocycles. The van der Waals surface area contributed by atoms with E-state index in [1.807, 2.05) is 13.0 Å². The lowest BCUT2D eigenvalue weighted by Gasteiger charge is -2.25. The fourth-order valence-corrected chi connectivity index (χ4v) is 3.13. The fraction of sp³-hybridized carbons (Fsp3) is 0.579. The molecule has 2 rings (SSSR count). The van der Waals surface area contributed by atoms with Gasteiger partial charge in [0.2, 0.25) is 5.69 Å². The van der Waals surface area contributed by atoms with Gasteiger partial charge in [0.05, 0.1) is 5.69 Å². The minimum atomic E-state index is -1.04. The summed E-state index contributed by atoms with van der Waals surface area (Å²) in [6.45, 7) is 12.3. The van der Waals surface area contributed by atoms with Crippen LogP contribution in [0.4, 0.5) is 10.1 Å². The van der Waals surface area contributed by atoms with Crippen molar-refractivity contribution in [3.63, 3.8) is 0 Å². The predicted octanol–water partition coefficient (Wildman–Crippen LogP) is 5.21. The summed E-state index contributed by atoms with van der Waals surface area (Å²) < 4.78 is 16.0. The van der Waals surface area contributed by atoms with Gasteiger partial charge in [0.15, 0.2) is 12.3 Å². The number of nitrogens with zero attached hydrogens (tertiary/aromatic N) is 2. The molecule has 3 unspecified atom stereocenters. The maximum Gasteiger partial charge on any atom is 0.212 e. The quantitative estimate of drug-likeness (QED) is 0.697. The first-order valence-corrected chi connectivity index (χ1v) is 8.31. The van der Waals surface area contributed by atoms with E-state index in [0.717, 1.165) is 23.4 Å². The maximum absolute atomic E-state index is 13.7. The topological polar surface area (TPSA) is 15.9 Å². The van der Waals surface area contributed by atoms with Crippen molar-refractivity contribution < 1.29 is 8.97 Å². The third-order valence-electron chi connectivity index (χ3n) is 4.93. The van der Waals surface area contributed by atoms with Crippen LogP contribution in [0.25, 0.3) is 0 Å². The smallest absolute Gasteiger partial charge is 0.212 e. The van der Waals surface area contributed by atoms with Gasteiger partial charge in [-0.15, -0.1) is 0 Å². The summed E-state index contributed by atoms with van der Waals surface area (Å²) in [5.74, 6) is 0.504. The van der Waals surface area contributed by atoms with Gasteiger partial charge in [-0.3, -0.25) is 4.98 Å². The van der Waals surface area contributed by atoms with E-state index < -0.39 is 6.17 Å². The number of allylic oxidation sites excluding steroid dienone is 1. The van der Waals surface area contributed by atoms with Crippen LogP contribution in [0, 0.1) is 19.8 Å². The first kappa shape index (κ1) is 16.9. The minimum Gasteiger partial charge on any atom is -0.254 e. The van der Waals surface area contributed by atoms with Gasteiger partial charge in [-0.05, 0) is 34.1 Å². The number of alkyl halides is 1. The Hall–Kier alpha value is -1.51. The molecule has 0 saturated heterocycles. The highest BCUT2D eigenvalue weighted by atomic mass is 19.1. The molecule has 0 amide bonds. The molecular weight excluding hydrogens is 275 g/mol. The zero-order chi connectivity index (χ0) is 16.4. The average Bonchev–Trinajstić information content (AvgIpc) is 2.47. The first-order valence-electron chi connectivity index (χ1n) is 8.31. The van der Waals surface area contributed by atoms with E-state index in [0.29, 0.717) is 17.7 Å². The van der Waals surface area contributed by atoms with Gasteiger partial charge < -0.3 is 0 Å². The number of aromatic nitrogens is 1. The van der Waals surface area contributed by atoms with Gasteiger partial charge >= 0.3 is 0 Å². The van der Waals surface area contributed by atoms with Gasteiger partial charge in [-0.1, -0.05) is 25.8 Å². The van der Waals surface area contributed by atoms with E-state index >= 15 is 0 Å². The second-order valence-corrected chi connectivity index (χ2v) is 6.47. The molecule has 0 fully saturated rings. The van der Waals surface area contributed by atoms with Crippen molar-refractivity contribution in [2.24, 2.45) is 5.92 Å². The fourth-order valence-electron chi connectivity index (χ4n) is 3.13. The number of hydrogen-bond donors (Lipinski definition) is 0. The Morgan fingerprint density at radius 3 is 2.59 bits per heavy atom. The van der Waals surface area contributed by atoms with Crippen molar-refractivity contribution in [2.45, 2.75) is 66.6 Å². The Balaban J connectivity index is 2.51. The largest absolute Gasteiger partial charge is 0.254 e. The number of pyridine rings is 1. The predicted molar refractivity (Wildman–Crippen MR) is 90.8 cm³/mol. The van der Waals surface area contributed by atoms with Crippen LogP contribution in [0.5, 0.6) is 0 Å². The number of rotatable bonds is 4. The monoisotopic (exact) mass is 303 g/mol. The lowest BCUT2D eigenvalue weighted by atomic mass is 9.88. The second kappa shape index (κ2) is 6.72. The van der Waals surface area contributed by atoms with E-state index in [4.69, 9.17) is 0 Å². The standard InChI is InChI=1S/C19H28FN2/c1-7-8-17-9-10-22(16(6)13(17)3)19-11-18(14(4)20)21-15(5)12(19)2/h9-11,13-14,16H,7-8H2,1-6H3/q+1. The van der Waals surface area contributed by atoms with E-state index in [2.05, 4.69) is 49.5 Å². The minimum absolute atomic E-state index is 0.370. The summed E-state index contributed by atoms with van der Waals surface area (Å²) in [6.07, 6.45) is 5.68. The highest BCUT2D eigenvalue weighted by Gasteiger charge is 2.31. The van der Waals surface area contributed by atoms with Crippen molar-refractivity contribution in [3.8, 4) is 0 Å². The molecule has 2 heterocycles. The normalized spacial score (nSPS) is 23.0. The van der Waals surface area contributed by atoms with Crippen molar-refractivity contribution in [1.29, 1.82) is 0 Å². The van der Waals surface area contributed by atoms with Crippen LogP contribution in [0.1, 0.15) is 63.7 Å². The van der Waals surface area contributed by atoms with Crippen LogP contribution < -0.4 is 0 Å². The number of hydrogen-bond acceptors (Lipinski definition) is 1. The molecule has 2 nitrogen and oxygen atoms in total. The summed E-state index contributed by atoms with van der Waals surface area (Å²) >= 11 is 0. The van der Waals surface area contributed by atoms with Crippen LogP contribution in [-0.4, -0.2) is 21.8 Å². The molecule has 0 aromatic carbocycles. The molecule has 0 N–H and O–H groups in total. The van der Waals surface area contributed by atoms with Crippen LogP contribution in [0.2, 0.25) is 0 Å². The summed E-state index contributed by atoms with van der Waals surface area (Å²) in [4.78, 5) is 4.39. The Kier molecular flexibility index (Phi) is 5.15. The molecule has 1 aliphatic heterocycles. The van der Waals surface area contributed by atoms with Gasteiger partial charge in [-0.2, -0.15) is 4.58 Å². The third-order valence-corrected chi connectivity index (χ3v) is 4.93. The molecular formula is C19H28FN2+. The summed E-state index contributed by atoms with van der Waals surface area (Å²) in [5, 5.41) is 0. The number of aryl methyl sites for hydroxylation is 1. The highest BCUT2D eigenvalue weighted by molar-refractivity contribution is 5.70. The SMILES string of the molecule is CCCC1=CC=[N+](c2cc(C(C)F)nc(C)c2C)C(C)C1C. The van der Waals surface area contributed by atoms with Crippen molar-refractivity contribution >= 4 is 11.9 Å². The lowest BCUT2D eigenvalue weighted by Crippen LogP contribution is -2.32. The zero-order valence-electron chi connectivity index (χ0n) is 14.7. The zero-order valence-corrected chi connectivity index (χ0v) is 14.7. The number of halogens is 1. The molecule has 0 bridgehead atoms. The van der Waals surface area contributed by atoms with E-state index in [1.165, 1.54) is 12.0 Å². The third kappa shape index (κ3) is 3.13. The molecule has 1 aromatic heterocycles. The second-order valence-electron chi connectivity index (χ2n) is 6.47. The molecule has 3 heteroatoms. The average molecular weight is 303 g/mol. The van der Waals surface area contributed by atoms with Crippen LogP contribution in [0.3, 0.4) is 0 Å². The van der Waals surface area contributed by atoms with Crippen molar-refractivity contribution in [1.82, 2.24) is 4.98 Å². The first-order chi connectivity index (χ1) is 10.4. The van der Waals surface area contributed by atoms with E-state index in [1.54, 1.807) is 6.92 Å².